The van der Waals surface area contributed by atoms with Gasteiger partial charge in [0.2, 0.25) is 0 Å². The highest BCUT2D eigenvalue weighted by atomic mass is 16.5. The summed E-state index contributed by atoms with van der Waals surface area (Å²) in [7, 11) is 1.63. The lowest BCUT2D eigenvalue weighted by Gasteiger charge is -2.14. The summed E-state index contributed by atoms with van der Waals surface area (Å²) in [5, 5.41) is 0.602. The van der Waals surface area contributed by atoms with Crippen LogP contribution in [-0.4, -0.2) is 16.7 Å². The second-order valence-electron chi connectivity index (χ2n) is 6.16. The average Bonchev–Trinajstić information content (AvgIpc) is 2.69. The monoisotopic (exact) mass is 342 g/mol. The molecular weight excluding hydrogens is 324 g/mol. The minimum Gasteiger partial charge on any atom is -0.497 e. The molecule has 4 heteroatoms. The van der Waals surface area contributed by atoms with Gasteiger partial charge in [-0.1, -0.05) is 29.8 Å². The number of aryl methyl sites for hydroxylation is 1. The second kappa shape index (κ2) is 6.48. The van der Waals surface area contributed by atoms with Crippen molar-refractivity contribution >= 4 is 10.9 Å². The molecule has 0 aliphatic heterocycles. The summed E-state index contributed by atoms with van der Waals surface area (Å²) < 4.78 is 6.91. The molecule has 128 valence electrons. The molecule has 0 aliphatic rings. The van der Waals surface area contributed by atoms with Crippen molar-refractivity contribution in [3.8, 4) is 22.8 Å². The van der Waals surface area contributed by atoms with Crippen molar-refractivity contribution in [3.05, 3.63) is 88.7 Å². The van der Waals surface area contributed by atoms with Gasteiger partial charge in [-0.15, -0.1) is 0 Å². The third-order valence-electron chi connectivity index (χ3n) is 4.42. The SMILES string of the molecule is COc1ccc(-c2nc3ccccc3c(=O)n2-c2ccc(C)cc2)cc1. The van der Waals surface area contributed by atoms with E-state index in [-0.39, 0.29) is 5.56 Å². The Hall–Kier alpha value is -3.40. The molecule has 3 aromatic carbocycles. The first-order valence-electron chi connectivity index (χ1n) is 8.40. The average molecular weight is 342 g/mol. The highest BCUT2D eigenvalue weighted by Crippen LogP contribution is 2.24. The smallest absolute Gasteiger partial charge is 0.266 e. The van der Waals surface area contributed by atoms with Gasteiger partial charge in [-0.2, -0.15) is 0 Å². The number of benzene rings is 3. The van der Waals surface area contributed by atoms with E-state index in [0.29, 0.717) is 16.7 Å². The minimum atomic E-state index is -0.0785. The Labute approximate surface area is 151 Å². The Morgan fingerprint density at radius 3 is 2.27 bits per heavy atom. The van der Waals surface area contributed by atoms with Crippen LogP contribution in [0.3, 0.4) is 0 Å². The largest absolute Gasteiger partial charge is 0.497 e. The highest BCUT2D eigenvalue weighted by Gasteiger charge is 2.14. The molecule has 4 aromatic rings. The number of hydrogen-bond donors (Lipinski definition) is 0. The van der Waals surface area contributed by atoms with Crippen molar-refractivity contribution in [2.45, 2.75) is 6.92 Å². The maximum Gasteiger partial charge on any atom is 0.266 e. The van der Waals surface area contributed by atoms with Gasteiger partial charge >= 0.3 is 0 Å². The Morgan fingerprint density at radius 2 is 1.58 bits per heavy atom. The number of para-hydroxylation sites is 1. The minimum absolute atomic E-state index is 0.0785. The predicted molar refractivity (Wildman–Crippen MR) is 104 cm³/mol. The summed E-state index contributed by atoms with van der Waals surface area (Å²) in [6, 6.07) is 22.9. The van der Waals surface area contributed by atoms with Gasteiger partial charge in [0.15, 0.2) is 0 Å². The molecule has 1 heterocycles. The zero-order valence-corrected chi connectivity index (χ0v) is 14.6. The quantitative estimate of drug-likeness (QED) is 0.555. The number of rotatable bonds is 3. The van der Waals surface area contributed by atoms with Gasteiger partial charge < -0.3 is 4.74 Å². The van der Waals surface area contributed by atoms with Crippen molar-refractivity contribution in [1.82, 2.24) is 9.55 Å². The summed E-state index contributed by atoms with van der Waals surface area (Å²) in [5.41, 5.74) is 3.40. The van der Waals surface area contributed by atoms with Crippen molar-refractivity contribution in [2.24, 2.45) is 0 Å². The summed E-state index contributed by atoms with van der Waals surface area (Å²) in [6.45, 7) is 2.02. The van der Waals surface area contributed by atoms with Crippen LogP contribution in [0, 0.1) is 6.92 Å². The molecule has 0 atom stereocenters. The van der Waals surface area contributed by atoms with E-state index >= 15 is 0 Å². The van der Waals surface area contributed by atoms with Gasteiger partial charge in [-0.3, -0.25) is 9.36 Å². The molecule has 0 radical (unpaired) electrons. The van der Waals surface area contributed by atoms with E-state index < -0.39 is 0 Å². The summed E-state index contributed by atoms with van der Waals surface area (Å²) in [5.74, 6) is 1.37. The zero-order chi connectivity index (χ0) is 18.1. The van der Waals surface area contributed by atoms with Crippen LogP contribution in [0.25, 0.3) is 28.0 Å². The van der Waals surface area contributed by atoms with Gasteiger partial charge in [-0.05, 0) is 55.5 Å². The van der Waals surface area contributed by atoms with Gasteiger partial charge in [0.25, 0.3) is 5.56 Å². The van der Waals surface area contributed by atoms with E-state index in [0.717, 1.165) is 22.6 Å². The molecule has 4 nitrogen and oxygen atoms in total. The molecule has 26 heavy (non-hydrogen) atoms. The number of ether oxygens (including phenoxy) is 1. The number of fused-ring (bicyclic) bond motifs is 1. The lowest BCUT2D eigenvalue weighted by molar-refractivity contribution is 0.415. The molecule has 0 N–H and O–H groups in total. The topological polar surface area (TPSA) is 44.1 Å². The molecule has 1 aromatic heterocycles. The normalized spacial score (nSPS) is 10.8. The Bertz CT molecular complexity index is 1130. The molecule has 0 amide bonds. The van der Waals surface area contributed by atoms with E-state index in [1.54, 1.807) is 11.7 Å². The molecule has 0 bridgehead atoms. The molecule has 0 aliphatic carbocycles. The molecule has 0 saturated heterocycles. The Balaban J connectivity index is 2.04. The summed E-state index contributed by atoms with van der Waals surface area (Å²) >= 11 is 0. The number of nitrogens with zero attached hydrogens (tertiary/aromatic N) is 2. The van der Waals surface area contributed by atoms with Crippen LogP contribution >= 0.6 is 0 Å². The lowest BCUT2D eigenvalue weighted by Crippen LogP contribution is -2.21. The van der Waals surface area contributed by atoms with Crippen molar-refractivity contribution in [1.29, 1.82) is 0 Å². The number of hydrogen-bond acceptors (Lipinski definition) is 3. The first kappa shape index (κ1) is 16.1. The third kappa shape index (κ3) is 2.75. The van der Waals surface area contributed by atoms with Crippen LogP contribution < -0.4 is 10.3 Å². The van der Waals surface area contributed by atoms with E-state index in [4.69, 9.17) is 9.72 Å². The first-order chi connectivity index (χ1) is 12.7. The van der Waals surface area contributed by atoms with Gasteiger partial charge in [0.1, 0.15) is 11.6 Å². The van der Waals surface area contributed by atoms with Gasteiger partial charge in [0, 0.05) is 5.56 Å². The van der Waals surface area contributed by atoms with Crippen molar-refractivity contribution in [3.63, 3.8) is 0 Å². The van der Waals surface area contributed by atoms with Crippen molar-refractivity contribution in [2.75, 3.05) is 7.11 Å². The molecule has 0 unspecified atom stereocenters. The van der Waals surface area contributed by atoms with Gasteiger partial charge in [0.05, 0.1) is 23.7 Å². The first-order valence-corrected chi connectivity index (χ1v) is 8.40. The maximum atomic E-state index is 13.2. The standard InChI is InChI=1S/C22H18N2O2/c1-15-7-11-17(12-8-15)24-21(16-9-13-18(26-2)14-10-16)23-20-6-4-3-5-19(20)22(24)25/h3-14H,1-2H3. The fourth-order valence-corrected chi connectivity index (χ4v) is 3.00. The zero-order valence-electron chi connectivity index (χ0n) is 14.6. The molecule has 0 fully saturated rings. The molecule has 0 saturated carbocycles. The van der Waals surface area contributed by atoms with Crippen LogP contribution in [-0.2, 0) is 0 Å². The van der Waals surface area contributed by atoms with Crippen molar-refractivity contribution < 1.29 is 4.74 Å². The highest BCUT2D eigenvalue weighted by molar-refractivity contribution is 5.80. The van der Waals surface area contributed by atoms with Crippen LogP contribution in [0.4, 0.5) is 0 Å². The Morgan fingerprint density at radius 1 is 0.885 bits per heavy atom. The maximum absolute atomic E-state index is 13.2. The predicted octanol–water partition coefficient (Wildman–Crippen LogP) is 4.37. The molecular formula is C22H18N2O2. The van der Waals surface area contributed by atoms with E-state index in [9.17, 15) is 4.79 Å². The summed E-state index contributed by atoms with van der Waals surface area (Å²) in [4.78, 5) is 18.0. The van der Waals surface area contributed by atoms with E-state index in [1.165, 1.54) is 0 Å². The van der Waals surface area contributed by atoms with Crippen LogP contribution in [0.2, 0.25) is 0 Å². The number of aromatic nitrogens is 2. The van der Waals surface area contributed by atoms with E-state index in [1.807, 2.05) is 79.7 Å². The fraction of sp³-hybridized carbons (Fsp3) is 0.0909. The van der Waals surface area contributed by atoms with Crippen LogP contribution in [0.5, 0.6) is 5.75 Å². The van der Waals surface area contributed by atoms with E-state index in [2.05, 4.69) is 0 Å². The van der Waals surface area contributed by atoms with Gasteiger partial charge in [-0.25, -0.2) is 4.98 Å². The van der Waals surface area contributed by atoms with Crippen LogP contribution in [0.1, 0.15) is 5.56 Å². The lowest BCUT2D eigenvalue weighted by atomic mass is 10.1. The molecule has 0 spiro atoms. The second-order valence-corrected chi connectivity index (χ2v) is 6.16. The van der Waals surface area contributed by atoms with Crippen LogP contribution in [0.15, 0.2) is 77.6 Å². The summed E-state index contributed by atoms with van der Waals surface area (Å²) in [6.07, 6.45) is 0. The fourth-order valence-electron chi connectivity index (χ4n) is 3.00. The third-order valence-corrected chi connectivity index (χ3v) is 4.42. The molecule has 4 rings (SSSR count). The number of methoxy groups -OCH3 is 1. The Kier molecular flexibility index (Phi) is 4.01.